The number of carbonyl (C=O) groups excluding carboxylic acids is 1. The van der Waals surface area contributed by atoms with Crippen molar-refractivity contribution in [3.63, 3.8) is 0 Å². The first-order valence-electron chi connectivity index (χ1n) is 9.53. The van der Waals surface area contributed by atoms with Crippen LogP contribution in [0, 0.1) is 20.8 Å². The van der Waals surface area contributed by atoms with Gasteiger partial charge in [0, 0.05) is 36.9 Å². The van der Waals surface area contributed by atoms with E-state index in [4.69, 9.17) is 11.6 Å². The van der Waals surface area contributed by atoms with Crippen LogP contribution in [0.25, 0.3) is 0 Å². The van der Waals surface area contributed by atoms with E-state index in [0.29, 0.717) is 41.8 Å². The number of nitrogens with one attached hydrogen (secondary N) is 1. The van der Waals surface area contributed by atoms with Crippen LogP contribution in [0.2, 0.25) is 5.02 Å². The standard InChI is InChI=1S/C21H26ClN3O3S/c1-15-7-8-20(16(2)13-15)29(27,28)25-11-9-24(10-12-25)14-21(26)23-19-6-4-5-18(22)17(19)3/h4-8,13H,9-12,14H2,1-3H3,(H,23,26). The number of benzene rings is 2. The van der Waals surface area contributed by atoms with E-state index >= 15 is 0 Å². The summed E-state index contributed by atoms with van der Waals surface area (Å²) in [7, 11) is -3.53. The number of amides is 1. The SMILES string of the molecule is Cc1ccc(S(=O)(=O)N2CCN(CC(=O)Nc3cccc(Cl)c3C)CC2)c(C)c1. The summed E-state index contributed by atoms with van der Waals surface area (Å²) in [6.07, 6.45) is 0. The van der Waals surface area contributed by atoms with E-state index in [9.17, 15) is 13.2 Å². The first-order valence-corrected chi connectivity index (χ1v) is 11.3. The van der Waals surface area contributed by atoms with Crippen LogP contribution in [-0.4, -0.2) is 56.3 Å². The van der Waals surface area contributed by atoms with Crippen molar-refractivity contribution in [3.8, 4) is 0 Å². The molecule has 1 heterocycles. The average molecular weight is 436 g/mol. The van der Waals surface area contributed by atoms with E-state index in [1.807, 2.05) is 43.9 Å². The fourth-order valence-electron chi connectivity index (χ4n) is 3.49. The largest absolute Gasteiger partial charge is 0.325 e. The predicted molar refractivity (Wildman–Crippen MR) is 116 cm³/mol. The number of hydrogen-bond donors (Lipinski definition) is 1. The molecular formula is C21H26ClN3O3S. The van der Waals surface area contributed by atoms with Crippen LogP contribution < -0.4 is 5.32 Å². The molecule has 1 aliphatic rings. The van der Waals surface area contributed by atoms with Crippen LogP contribution in [0.1, 0.15) is 16.7 Å². The van der Waals surface area contributed by atoms with E-state index < -0.39 is 10.0 Å². The van der Waals surface area contributed by atoms with Crippen molar-refractivity contribution in [1.29, 1.82) is 0 Å². The molecule has 1 saturated heterocycles. The third-order valence-corrected chi connectivity index (χ3v) is 7.66. The van der Waals surface area contributed by atoms with Gasteiger partial charge in [-0.3, -0.25) is 9.69 Å². The van der Waals surface area contributed by atoms with Gasteiger partial charge in [0.05, 0.1) is 11.4 Å². The number of carbonyl (C=O) groups is 1. The number of piperazine rings is 1. The Hall–Kier alpha value is -1.93. The predicted octanol–water partition coefficient (Wildman–Crippen LogP) is 3.21. The molecule has 1 N–H and O–H groups in total. The number of aryl methyl sites for hydroxylation is 2. The molecule has 0 spiro atoms. The number of halogens is 1. The highest BCUT2D eigenvalue weighted by Crippen LogP contribution is 2.24. The lowest BCUT2D eigenvalue weighted by Gasteiger charge is -2.33. The lowest BCUT2D eigenvalue weighted by atomic mass is 10.2. The zero-order chi connectivity index (χ0) is 21.2. The van der Waals surface area contributed by atoms with Gasteiger partial charge in [0.15, 0.2) is 0 Å². The minimum atomic E-state index is -3.53. The Morgan fingerprint density at radius 1 is 1.07 bits per heavy atom. The van der Waals surface area contributed by atoms with Crippen LogP contribution in [0.5, 0.6) is 0 Å². The molecule has 29 heavy (non-hydrogen) atoms. The molecule has 0 saturated carbocycles. The number of sulfonamides is 1. The zero-order valence-electron chi connectivity index (χ0n) is 16.9. The first-order chi connectivity index (χ1) is 13.7. The van der Waals surface area contributed by atoms with Gasteiger partial charge < -0.3 is 5.32 Å². The molecule has 156 valence electrons. The summed E-state index contributed by atoms with van der Waals surface area (Å²) in [6.45, 7) is 7.56. The molecule has 0 radical (unpaired) electrons. The Bertz CT molecular complexity index is 1020. The number of rotatable bonds is 5. The normalized spacial score (nSPS) is 16.0. The first kappa shape index (κ1) is 21.8. The molecule has 0 unspecified atom stereocenters. The summed E-state index contributed by atoms with van der Waals surface area (Å²) < 4.78 is 27.4. The average Bonchev–Trinajstić information content (AvgIpc) is 2.65. The fourth-order valence-corrected chi connectivity index (χ4v) is 5.29. The molecule has 0 bridgehead atoms. The number of nitrogens with zero attached hydrogens (tertiary/aromatic N) is 2. The van der Waals surface area contributed by atoms with Gasteiger partial charge in [-0.1, -0.05) is 35.4 Å². The fraction of sp³-hybridized carbons (Fsp3) is 0.381. The highest BCUT2D eigenvalue weighted by atomic mass is 35.5. The van der Waals surface area contributed by atoms with Crippen molar-refractivity contribution in [1.82, 2.24) is 9.21 Å². The smallest absolute Gasteiger partial charge is 0.243 e. The molecule has 0 aliphatic carbocycles. The Morgan fingerprint density at radius 3 is 2.41 bits per heavy atom. The van der Waals surface area contributed by atoms with Gasteiger partial charge in [0.1, 0.15) is 0 Å². The van der Waals surface area contributed by atoms with Gasteiger partial charge in [-0.2, -0.15) is 4.31 Å². The Kier molecular flexibility index (Phi) is 6.63. The summed E-state index contributed by atoms with van der Waals surface area (Å²) >= 11 is 6.09. The minimum Gasteiger partial charge on any atom is -0.325 e. The molecule has 0 aromatic heterocycles. The van der Waals surface area contributed by atoms with Gasteiger partial charge >= 0.3 is 0 Å². The lowest BCUT2D eigenvalue weighted by Crippen LogP contribution is -2.50. The minimum absolute atomic E-state index is 0.138. The van der Waals surface area contributed by atoms with Gasteiger partial charge in [0.25, 0.3) is 0 Å². The number of anilines is 1. The van der Waals surface area contributed by atoms with E-state index in [-0.39, 0.29) is 12.5 Å². The van der Waals surface area contributed by atoms with Crippen LogP contribution in [0.4, 0.5) is 5.69 Å². The molecule has 6 nitrogen and oxygen atoms in total. The van der Waals surface area contributed by atoms with Gasteiger partial charge in [-0.05, 0) is 50.1 Å². The van der Waals surface area contributed by atoms with Crippen LogP contribution in [-0.2, 0) is 14.8 Å². The Morgan fingerprint density at radius 2 is 1.76 bits per heavy atom. The van der Waals surface area contributed by atoms with Crippen molar-refractivity contribution < 1.29 is 13.2 Å². The lowest BCUT2D eigenvalue weighted by molar-refractivity contribution is -0.117. The summed E-state index contributed by atoms with van der Waals surface area (Å²) in [5, 5.41) is 3.49. The van der Waals surface area contributed by atoms with Crippen molar-refractivity contribution in [2.45, 2.75) is 25.7 Å². The summed E-state index contributed by atoms with van der Waals surface area (Å²) in [5.41, 5.74) is 3.31. The Labute approximate surface area is 177 Å². The number of hydrogen-bond acceptors (Lipinski definition) is 4. The van der Waals surface area contributed by atoms with Gasteiger partial charge in [0.2, 0.25) is 15.9 Å². The van der Waals surface area contributed by atoms with Gasteiger partial charge in [-0.15, -0.1) is 0 Å². The molecule has 1 fully saturated rings. The van der Waals surface area contributed by atoms with Crippen LogP contribution >= 0.6 is 11.6 Å². The maximum Gasteiger partial charge on any atom is 0.243 e. The molecule has 2 aromatic rings. The molecular weight excluding hydrogens is 410 g/mol. The second kappa shape index (κ2) is 8.83. The quantitative estimate of drug-likeness (QED) is 0.782. The van der Waals surface area contributed by atoms with Crippen LogP contribution in [0.15, 0.2) is 41.3 Å². The monoisotopic (exact) mass is 435 g/mol. The highest BCUT2D eigenvalue weighted by Gasteiger charge is 2.30. The van der Waals surface area contributed by atoms with Crippen molar-refractivity contribution in [2.24, 2.45) is 0 Å². The molecule has 3 rings (SSSR count). The third-order valence-electron chi connectivity index (χ3n) is 5.19. The van der Waals surface area contributed by atoms with Crippen molar-refractivity contribution in [3.05, 3.63) is 58.1 Å². The third kappa shape index (κ3) is 4.98. The summed E-state index contributed by atoms with van der Waals surface area (Å²) in [6, 6.07) is 10.8. The topological polar surface area (TPSA) is 69.7 Å². The van der Waals surface area contributed by atoms with Gasteiger partial charge in [-0.25, -0.2) is 8.42 Å². The Balaban J connectivity index is 1.59. The molecule has 2 aromatic carbocycles. The molecule has 0 atom stereocenters. The zero-order valence-corrected chi connectivity index (χ0v) is 18.5. The van der Waals surface area contributed by atoms with E-state index in [1.54, 1.807) is 18.2 Å². The second-order valence-electron chi connectivity index (χ2n) is 7.41. The van der Waals surface area contributed by atoms with E-state index in [1.165, 1.54) is 4.31 Å². The molecule has 1 amide bonds. The summed E-state index contributed by atoms with van der Waals surface area (Å²) in [5.74, 6) is -0.138. The van der Waals surface area contributed by atoms with E-state index in [0.717, 1.165) is 16.7 Å². The molecule has 8 heteroatoms. The van der Waals surface area contributed by atoms with E-state index in [2.05, 4.69) is 5.32 Å². The van der Waals surface area contributed by atoms with Crippen molar-refractivity contribution >= 4 is 33.2 Å². The van der Waals surface area contributed by atoms with Crippen molar-refractivity contribution in [2.75, 3.05) is 38.0 Å². The summed E-state index contributed by atoms with van der Waals surface area (Å²) in [4.78, 5) is 14.7. The maximum absolute atomic E-state index is 13.0. The van der Waals surface area contributed by atoms with Crippen LogP contribution in [0.3, 0.4) is 0 Å². The highest BCUT2D eigenvalue weighted by molar-refractivity contribution is 7.89. The molecule has 1 aliphatic heterocycles. The maximum atomic E-state index is 13.0. The second-order valence-corrected chi connectivity index (χ2v) is 9.72.